The normalized spacial score (nSPS) is 19.9. The van der Waals surface area contributed by atoms with Gasteiger partial charge >= 0.3 is 0 Å². The molecule has 26 heavy (non-hydrogen) atoms. The molecule has 0 radical (unpaired) electrons. The number of H-pyrrole nitrogens is 1. The average Bonchev–Trinajstić information content (AvgIpc) is 3.12. The highest BCUT2D eigenvalue weighted by atomic mass is 16.5. The van der Waals surface area contributed by atoms with Crippen molar-refractivity contribution in [3.63, 3.8) is 0 Å². The summed E-state index contributed by atoms with van der Waals surface area (Å²) in [6, 6.07) is 5.90. The summed E-state index contributed by atoms with van der Waals surface area (Å²) in [4.78, 5) is 21.5. The first-order chi connectivity index (χ1) is 12.6. The van der Waals surface area contributed by atoms with Crippen LogP contribution in [0.2, 0.25) is 0 Å². The first-order valence-corrected chi connectivity index (χ1v) is 9.25. The van der Waals surface area contributed by atoms with Gasteiger partial charge in [0.1, 0.15) is 11.9 Å². The Morgan fingerprint density at radius 1 is 1.31 bits per heavy atom. The van der Waals surface area contributed by atoms with Crippen molar-refractivity contribution in [2.75, 3.05) is 38.7 Å². The molecule has 2 aromatic rings. The molecule has 1 fully saturated rings. The zero-order chi connectivity index (χ0) is 18.1. The van der Waals surface area contributed by atoms with Crippen LogP contribution in [0.1, 0.15) is 46.4 Å². The van der Waals surface area contributed by atoms with Gasteiger partial charge in [-0.05, 0) is 37.8 Å². The van der Waals surface area contributed by atoms with E-state index in [0.29, 0.717) is 25.4 Å². The SMILES string of the molecule is CN(C)c1cccc([C@H]2CN(C(=O)c3n[nH]c4c3CCCC4)CCO2)n1. The quantitative estimate of drug-likeness (QED) is 0.911. The van der Waals surface area contributed by atoms with Crippen molar-refractivity contribution >= 4 is 11.7 Å². The predicted molar refractivity (Wildman–Crippen MR) is 98.4 cm³/mol. The van der Waals surface area contributed by atoms with Gasteiger partial charge in [0.15, 0.2) is 5.69 Å². The second kappa shape index (κ2) is 7.07. The summed E-state index contributed by atoms with van der Waals surface area (Å²) in [6.45, 7) is 1.60. The molecular weight excluding hydrogens is 330 g/mol. The van der Waals surface area contributed by atoms with Crippen molar-refractivity contribution in [3.05, 3.63) is 40.8 Å². The first-order valence-electron chi connectivity index (χ1n) is 9.25. The average molecular weight is 355 g/mol. The van der Waals surface area contributed by atoms with Crippen LogP contribution in [0.15, 0.2) is 18.2 Å². The molecular formula is C19H25N5O2. The maximum absolute atomic E-state index is 13.0. The fourth-order valence-electron chi connectivity index (χ4n) is 3.69. The molecule has 1 amide bonds. The van der Waals surface area contributed by atoms with E-state index in [1.54, 1.807) is 0 Å². The van der Waals surface area contributed by atoms with Gasteiger partial charge in [0.2, 0.25) is 0 Å². The predicted octanol–water partition coefficient (Wildman–Crippen LogP) is 1.96. The van der Waals surface area contributed by atoms with Gasteiger partial charge in [-0.2, -0.15) is 5.10 Å². The summed E-state index contributed by atoms with van der Waals surface area (Å²) < 4.78 is 5.91. The number of aromatic amines is 1. The largest absolute Gasteiger partial charge is 0.368 e. The number of hydrogen-bond acceptors (Lipinski definition) is 5. The molecule has 1 aliphatic heterocycles. The number of nitrogens with zero attached hydrogens (tertiary/aromatic N) is 4. The lowest BCUT2D eigenvalue weighted by Crippen LogP contribution is -2.43. The molecule has 138 valence electrons. The lowest BCUT2D eigenvalue weighted by atomic mass is 9.95. The van der Waals surface area contributed by atoms with Crippen LogP contribution >= 0.6 is 0 Å². The van der Waals surface area contributed by atoms with E-state index in [-0.39, 0.29) is 12.0 Å². The Morgan fingerprint density at radius 2 is 2.15 bits per heavy atom. The maximum atomic E-state index is 13.0. The van der Waals surface area contributed by atoms with Gasteiger partial charge in [-0.3, -0.25) is 9.89 Å². The van der Waals surface area contributed by atoms with Crippen molar-refractivity contribution in [1.82, 2.24) is 20.1 Å². The molecule has 4 rings (SSSR count). The molecule has 0 bridgehead atoms. The van der Waals surface area contributed by atoms with E-state index in [4.69, 9.17) is 4.74 Å². The van der Waals surface area contributed by atoms with E-state index in [1.165, 1.54) is 0 Å². The summed E-state index contributed by atoms with van der Waals surface area (Å²) >= 11 is 0. The zero-order valence-electron chi connectivity index (χ0n) is 15.4. The van der Waals surface area contributed by atoms with Gasteiger partial charge in [0.25, 0.3) is 5.91 Å². The number of anilines is 1. The molecule has 0 aromatic carbocycles. The maximum Gasteiger partial charge on any atom is 0.274 e. The van der Waals surface area contributed by atoms with Gasteiger partial charge in [-0.1, -0.05) is 6.07 Å². The standard InChI is InChI=1S/C19H25N5O2/c1-23(2)17-9-5-8-15(20-17)16-12-24(10-11-26-16)19(25)18-13-6-3-4-7-14(13)21-22-18/h5,8-9,16H,3-4,6-7,10-12H2,1-2H3,(H,21,22)/t16-/m1/s1. The third kappa shape index (κ3) is 3.19. The highest BCUT2D eigenvalue weighted by Crippen LogP contribution is 2.26. The minimum Gasteiger partial charge on any atom is -0.368 e. The summed E-state index contributed by atoms with van der Waals surface area (Å²) in [7, 11) is 3.93. The molecule has 7 nitrogen and oxygen atoms in total. The number of amides is 1. The molecule has 3 heterocycles. The smallest absolute Gasteiger partial charge is 0.274 e. The number of ether oxygens (including phenoxy) is 1. The van der Waals surface area contributed by atoms with E-state index in [0.717, 1.165) is 48.5 Å². The lowest BCUT2D eigenvalue weighted by Gasteiger charge is -2.32. The van der Waals surface area contributed by atoms with E-state index < -0.39 is 0 Å². The third-order valence-corrected chi connectivity index (χ3v) is 5.16. The molecule has 1 saturated heterocycles. The van der Waals surface area contributed by atoms with E-state index >= 15 is 0 Å². The molecule has 0 saturated carbocycles. The number of carbonyl (C=O) groups excluding carboxylic acids is 1. The van der Waals surface area contributed by atoms with Crippen LogP contribution in [0.3, 0.4) is 0 Å². The summed E-state index contributed by atoms with van der Waals surface area (Å²) in [5.74, 6) is 0.886. The van der Waals surface area contributed by atoms with Crippen LogP contribution in [0.25, 0.3) is 0 Å². The Kier molecular flexibility index (Phi) is 4.63. The highest BCUT2D eigenvalue weighted by molar-refractivity contribution is 5.94. The molecule has 7 heteroatoms. The van der Waals surface area contributed by atoms with Crippen LogP contribution in [-0.4, -0.2) is 59.8 Å². The Balaban J connectivity index is 1.52. The number of aromatic nitrogens is 3. The van der Waals surface area contributed by atoms with E-state index in [1.807, 2.05) is 42.1 Å². The summed E-state index contributed by atoms with van der Waals surface area (Å²) in [5.41, 5.74) is 3.69. The van der Waals surface area contributed by atoms with Crippen molar-refractivity contribution in [3.8, 4) is 0 Å². The van der Waals surface area contributed by atoms with Crippen LogP contribution < -0.4 is 4.90 Å². The fraction of sp³-hybridized carbons (Fsp3) is 0.526. The summed E-state index contributed by atoms with van der Waals surface area (Å²) in [6.07, 6.45) is 4.01. The van der Waals surface area contributed by atoms with E-state index in [2.05, 4.69) is 15.2 Å². The van der Waals surface area contributed by atoms with Gasteiger partial charge in [-0.25, -0.2) is 4.98 Å². The number of nitrogens with one attached hydrogen (secondary N) is 1. The number of aryl methyl sites for hydroxylation is 1. The van der Waals surface area contributed by atoms with Crippen molar-refractivity contribution < 1.29 is 9.53 Å². The Bertz CT molecular complexity index is 801. The second-order valence-corrected chi connectivity index (χ2v) is 7.16. The third-order valence-electron chi connectivity index (χ3n) is 5.16. The Morgan fingerprint density at radius 3 is 3.00 bits per heavy atom. The van der Waals surface area contributed by atoms with Crippen LogP contribution in [-0.2, 0) is 17.6 Å². The Hall–Kier alpha value is -2.41. The number of pyridine rings is 1. The van der Waals surface area contributed by atoms with Crippen molar-refractivity contribution in [1.29, 1.82) is 0 Å². The van der Waals surface area contributed by atoms with Crippen molar-refractivity contribution in [2.24, 2.45) is 0 Å². The minimum atomic E-state index is -0.206. The monoisotopic (exact) mass is 355 g/mol. The molecule has 1 N–H and O–H groups in total. The number of rotatable bonds is 3. The van der Waals surface area contributed by atoms with Gasteiger partial charge in [-0.15, -0.1) is 0 Å². The summed E-state index contributed by atoms with van der Waals surface area (Å²) in [5, 5.41) is 7.39. The van der Waals surface area contributed by atoms with Crippen molar-refractivity contribution in [2.45, 2.75) is 31.8 Å². The first kappa shape index (κ1) is 17.0. The van der Waals surface area contributed by atoms with Crippen LogP contribution in [0, 0.1) is 0 Å². The van der Waals surface area contributed by atoms with Gasteiger partial charge in [0, 0.05) is 31.9 Å². The second-order valence-electron chi connectivity index (χ2n) is 7.16. The molecule has 2 aliphatic rings. The Labute approximate surface area is 153 Å². The topological polar surface area (TPSA) is 74.3 Å². The molecule has 2 aromatic heterocycles. The number of fused-ring (bicyclic) bond motifs is 1. The van der Waals surface area contributed by atoms with Crippen LogP contribution in [0.4, 0.5) is 5.82 Å². The van der Waals surface area contributed by atoms with Crippen LogP contribution in [0.5, 0.6) is 0 Å². The molecule has 1 atom stereocenters. The molecule has 0 unspecified atom stereocenters. The molecule has 0 spiro atoms. The lowest BCUT2D eigenvalue weighted by molar-refractivity contribution is -0.0249. The number of morpholine rings is 1. The zero-order valence-corrected chi connectivity index (χ0v) is 15.4. The highest BCUT2D eigenvalue weighted by Gasteiger charge is 2.31. The van der Waals surface area contributed by atoms with E-state index in [9.17, 15) is 4.79 Å². The van der Waals surface area contributed by atoms with Gasteiger partial charge < -0.3 is 14.5 Å². The van der Waals surface area contributed by atoms with Gasteiger partial charge in [0.05, 0.1) is 18.8 Å². The minimum absolute atomic E-state index is 0.00136. The number of carbonyl (C=O) groups is 1. The number of hydrogen-bond donors (Lipinski definition) is 1. The fourth-order valence-corrected chi connectivity index (χ4v) is 3.69. The molecule has 1 aliphatic carbocycles.